The number of aromatic amines is 1. The fourth-order valence-electron chi connectivity index (χ4n) is 2.76. The molecule has 0 atom stereocenters. The number of carbonyl (C=O) groups is 1. The van der Waals surface area contributed by atoms with Crippen molar-refractivity contribution in [1.82, 2.24) is 20.0 Å². The molecule has 148 valence electrons. The fourth-order valence-corrected chi connectivity index (χ4v) is 2.76. The molecule has 3 aromatic rings. The molecular weight excluding hydrogens is 375 g/mol. The summed E-state index contributed by atoms with van der Waals surface area (Å²) in [5, 5.41) is 13.7. The van der Waals surface area contributed by atoms with E-state index in [-0.39, 0.29) is 17.1 Å². The van der Waals surface area contributed by atoms with Gasteiger partial charge in [0.25, 0.3) is 5.91 Å². The highest BCUT2D eigenvalue weighted by Gasteiger charge is 2.29. The highest BCUT2D eigenvalue weighted by molar-refractivity contribution is 6.04. The van der Waals surface area contributed by atoms with Gasteiger partial charge >= 0.3 is 6.18 Å². The summed E-state index contributed by atoms with van der Waals surface area (Å²) in [4.78, 5) is 12.5. The van der Waals surface area contributed by atoms with Gasteiger partial charge in [0.2, 0.25) is 0 Å². The molecule has 0 aliphatic rings. The van der Waals surface area contributed by atoms with Gasteiger partial charge in [0.15, 0.2) is 6.61 Å². The first-order valence-corrected chi connectivity index (χ1v) is 8.31. The highest BCUT2D eigenvalue weighted by Crippen LogP contribution is 2.28. The lowest BCUT2D eigenvalue weighted by atomic mass is 10.1. The topological polar surface area (TPSA) is 84.8 Å². The summed E-state index contributed by atoms with van der Waals surface area (Å²) >= 11 is 0. The van der Waals surface area contributed by atoms with Crippen molar-refractivity contribution in [2.45, 2.75) is 20.0 Å². The zero-order valence-electron chi connectivity index (χ0n) is 15.4. The maximum atomic E-state index is 12.5. The highest BCUT2D eigenvalue weighted by atomic mass is 19.4. The maximum absolute atomic E-state index is 12.5. The number of nitrogens with one attached hydrogen (secondary N) is 2. The zero-order valence-corrected chi connectivity index (χ0v) is 15.4. The fraction of sp³-hybridized carbons (Fsp3) is 0.278. The molecule has 1 aromatic carbocycles. The number of para-hydroxylation sites is 2. The van der Waals surface area contributed by atoms with Crippen LogP contribution in [0.3, 0.4) is 0 Å². The van der Waals surface area contributed by atoms with Gasteiger partial charge in [0.1, 0.15) is 11.4 Å². The number of anilines is 1. The molecule has 7 nitrogen and oxygen atoms in total. The molecule has 0 bridgehead atoms. The van der Waals surface area contributed by atoms with Crippen LogP contribution >= 0.6 is 0 Å². The van der Waals surface area contributed by atoms with Crippen LogP contribution in [0.4, 0.5) is 18.9 Å². The molecule has 0 fully saturated rings. The van der Waals surface area contributed by atoms with Crippen molar-refractivity contribution in [2.24, 2.45) is 7.05 Å². The molecule has 0 aliphatic carbocycles. The summed E-state index contributed by atoms with van der Waals surface area (Å²) in [5.41, 5.74) is 3.30. The van der Waals surface area contributed by atoms with Crippen LogP contribution in [0.1, 0.15) is 21.9 Å². The van der Waals surface area contributed by atoms with E-state index in [2.05, 4.69) is 20.6 Å². The molecule has 0 radical (unpaired) electrons. The Morgan fingerprint density at radius 2 is 2.00 bits per heavy atom. The molecule has 0 saturated heterocycles. The third-order valence-electron chi connectivity index (χ3n) is 4.11. The van der Waals surface area contributed by atoms with Gasteiger partial charge in [-0.05, 0) is 32.0 Å². The van der Waals surface area contributed by atoms with E-state index in [0.29, 0.717) is 5.69 Å². The average molecular weight is 393 g/mol. The molecular formula is C18H18F3N5O2. The van der Waals surface area contributed by atoms with Crippen LogP contribution in [0.15, 0.2) is 30.3 Å². The normalized spacial score (nSPS) is 11.5. The predicted octanol–water partition coefficient (Wildman–Crippen LogP) is 3.62. The number of alkyl halides is 3. The van der Waals surface area contributed by atoms with Crippen LogP contribution in [0.2, 0.25) is 0 Å². The van der Waals surface area contributed by atoms with Gasteiger partial charge in [-0.2, -0.15) is 23.4 Å². The number of halogens is 3. The second-order valence-electron chi connectivity index (χ2n) is 6.19. The van der Waals surface area contributed by atoms with E-state index in [9.17, 15) is 18.0 Å². The molecule has 2 aromatic heterocycles. The van der Waals surface area contributed by atoms with E-state index in [0.717, 1.165) is 17.0 Å². The first-order chi connectivity index (χ1) is 13.2. The molecule has 28 heavy (non-hydrogen) atoms. The first-order valence-electron chi connectivity index (χ1n) is 8.31. The first kappa shape index (κ1) is 19.5. The summed E-state index contributed by atoms with van der Waals surface area (Å²) in [6.45, 7) is 2.27. The molecule has 10 heteroatoms. The van der Waals surface area contributed by atoms with Crippen molar-refractivity contribution < 1.29 is 22.7 Å². The maximum Gasteiger partial charge on any atom is 0.422 e. The second-order valence-corrected chi connectivity index (χ2v) is 6.19. The van der Waals surface area contributed by atoms with Gasteiger partial charge < -0.3 is 10.1 Å². The third-order valence-corrected chi connectivity index (χ3v) is 4.11. The van der Waals surface area contributed by atoms with Crippen LogP contribution in [0.25, 0.3) is 11.3 Å². The average Bonchev–Trinajstić information content (AvgIpc) is 3.18. The van der Waals surface area contributed by atoms with Crippen LogP contribution < -0.4 is 10.1 Å². The van der Waals surface area contributed by atoms with E-state index in [1.807, 2.05) is 20.9 Å². The Bertz CT molecular complexity index is 1010. The SMILES string of the molecule is Cc1nn(C)c(C)c1-c1cc(C(=O)Nc2ccccc2OCC(F)(F)F)[nH]n1. The Hall–Kier alpha value is -3.30. The zero-order chi connectivity index (χ0) is 20.5. The minimum Gasteiger partial charge on any atom is -0.482 e. The Labute approximate surface area is 158 Å². The molecule has 1 amide bonds. The smallest absolute Gasteiger partial charge is 0.422 e. The minimum atomic E-state index is -4.48. The van der Waals surface area contributed by atoms with Crippen molar-refractivity contribution in [2.75, 3.05) is 11.9 Å². The Morgan fingerprint density at radius 1 is 1.29 bits per heavy atom. The number of rotatable bonds is 5. The van der Waals surface area contributed by atoms with Crippen molar-refractivity contribution >= 4 is 11.6 Å². The van der Waals surface area contributed by atoms with Crippen molar-refractivity contribution in [3.63, 3.8) is 0 Å². The van der Waals surface area contributed by atoms with Crippen LogP contribution in [0.5, 0.6) is 5.75 Å². The molecule has 0 unspecified atom stereocenters. The second kappa shape index (κ2) is 7.37. The summed E-state index contributed by atoms with van der Waals surface area (Å²) in [5.74, 6) is -0.632. The van der Waals surface area contributed by atoms with E-state index < -0.39 is 18.7 Å². The number of hydrogen-bond acceptors (Lipinski definition) is 4. The Morgan fingerprint density at radius 3 is 2.64 bits per heavy atom. The molecule has 2 N–H and O–H groups in total. The van der Waals surface area contributed by atoms with Gasteiger partial charge in [-0.25, -0.2) is 0 Å². The van der Waals surface area contributed by atoms with Gasteiger partial charge in [0, 0.05) is 18.3 Å². The number of nitrogens with zero attached hydrogens (tertiary/aromatic N) is 3. The lowest BCUT2D eigenvalue weighted by Crippen LogP contribution is -2.20. The summed E-state index contributed by atoms with van der Waals surface area (Å²) in [6, 6.07) is 7.46. The third kappa shape index (κ3) is 4.16. The van der Waals surface area contributed by atoms with Gasteiger partial charge in [-0.15, -0.1) is 0 Å². The van der Waals surface area contributed by atoms with E-state index in [1.165, 1.54) is 18.2 Å². The minimum absolute atomic E-state index is 0.0770. The lowest BCUT2D eigenvalue weighted by molar-refractivity contribution is -0.153. The number of H-pyrrole nitrogens is 1. The van der Waals surface area contributed by atoms with E-state index in [1.54, 1.807) is 16.8 Å². The van der Waals surface area contributed by atoms with E-state index in [4.69, 9.17) is 4.74 Å². The van der Waals surface area contributed by atoms with E-state index >= 15 is 0 Å². The largest absolute Gasteiger partial charge is 0.482 e. The van der Waals surface area contributed by atoms with Crippen molar-refractivity contribution in [3.8, 4) is 17.0 Å². The number of aromatic nitrogens is 4. The number of amides is 1. The Kier molecular flexibility index (Phi) is 5.12. The molecule has 0 spiro atoms. The Balaban J connectivity index is 1.79. The summed E-state index contributed by atoms with van der Waals surface area (Å²) in [6.07, 6.45) is -4.48. The number of carbonyl (C=O) groups excluding carboxylic acids is 1. The van der Waals surface area contributed by atoms with Crippen LogP contribution in [-0.2, 0) is 7.05 Å². The standard InChI is InChI=1S/C18H18F3N5O2/c1-10-16(11(2)26(3)25-10)13-8-14(24-23-13)17(27)22-12-6-4-5-7-15(12)28-9-18(19,20)21/h4-8H,9H2,1-3H3,(H,22,27)(H,23,24). The number of hydrogen-bond donors (Lipinski definition) is 2. The van der Waals surface area contributed by atoms with Crippen molar-refractivity contribution in [1.29, 1.82) is 0 Å². The quantitative estimate of drug-likeness (QED) is 0.693. The van der Waals surface area contributed by atoms with Crippen molar-refractivity contribution in [3.05, 3.63) is 47.4 Å². The van der Waals surface area contributed by atoms with Crippen LogP contribution in [-0.4, -0.2) is 38.7 Å². The van der Waals surface area contributed by atoms with Gasteiger partial charge in [-0.1, -0.05) is 12.1 Å². The summed E-state index contributed by atoms with van der Waals surface area (Å²) < 4.78 is 43.7. The molecule has 0 saturated carbocycles. The molecule has 0 aliphatic heterocycles. The summed E-state index contributed by atoms with van der Waals surface area (Å²) in [7, 11) is 1.81. The predicted molar refractivity (Wildman–Crippen MR) is 96.2 cm³/mol. The van der Waals surface area contributed by atoms with Gasteiger partial charge in [-0.3, -0.25) is 14.6 Å². The molecule has 2 heterocycles. The van der Waals surface area contributed by atoms with Gasteiger partial charge in [0.05, 0.1) is 17.1 Å². The molecule has 3 rings (SSSR count). The number of benzene rings is 1. The monoisotopic (exact) mass is 393 g/mol. The lowest BCUT2D eigenvalue weighted by Gasteiger charge is -2.13. The number of aryl methyl sites for hydroxylation is 2. The van der Waals surface area contributed by atoms with Crippen LogP contribution in [0, 0.1) is 13.8 Å². The number of ether oxygens (including phenoxy) is 1.